The molecular formula is C29H34IN3OS. The number of ether oxygens (including phenoxy) is 1. The van der Waals surface area contributed by atoms with Crippen LogP contribution in [0.15, 0.2) is 72.8 Å². The van der Waals surface area contributed by atoms with Gasteiger partial charge in [0.2, 0.25) is 0 Å². The first kappa shape index (κ1) is 26.2. The lowest BCUT2D eigenvalue weighted by Gasteiger charge is -2.33. The standard InChI is InChI=1S/C29H34IN3OS/c1-23-16-28(32-22-34-14-15-35-30)26(19-31)17-27(23)29(18-24-8-4-2-5-9-24)12-13-33(21-29)20-25-10-6-3-7-11-25/h2-11,16-17,19,31-32H,12-15,18,20-22H2,1H3. The van der Waals surface area contributed by atoms with E-state index in [1.165, 1.54) is 28.5 Å². The van der Waals surface area contributed by atoms with E-state index < -0.39 is 0 Å². The summed E-state index contributed by atoms with van der Waals surface area (Å²) in [7, 11) is 1.75. The Morgan fingerprint density at radius 3 is 2.49 bits per heavy atom. The third kappa shape index (κ3) is 6.88. The van der Waals surface area contributed by atoms with Crippen molar-refractivity contribution in [3.63, 3.8) is 0 Å². The van der Waals surface area contributed by atoms with Gasteiger partial charge in [-0.1, -0.05) is 69.6 Å². The molecular weight excluding hydrogens is 565 g/mol. The summed E-state index contributed by atoms with van der Waals surface area (Å²) in [5.41, 5.74) is 7.28. The molecule has 1 saturated heterocycles. The van der Waals surface area contributed by atoms with E-state index >= 15 is 0 Å². The number of hydrogen-bond donors (Lipinski definition) is 2. The maximum Gasteiger partial charge on any atom is 0.116 e. The largest absolute Gasteiger partial charge is 0.362 e. The summed E-state index contributed by atoms with van der Waals surface area (Å²) in [4.78, 5) is 2.59. The van der Waals surface area contributed by atoms with Gasteiger partial charge < -0.3 is 15.5 Å². The van der Waals surface area contributed by atoms with E-state index in [9.17, 15) is 0 Å². The Hall–Kier alpha value is -1.87. The van der Waals surface area contributed by atoms with E-state index in [1.807, 2.05) is 0 Å². The number of nitrogens with one attached hydrogen (secondary N) is 2. The van der Waals surface area contributed by atoms with Crippen LogP contribution in [0.2, 0.25) is 0 Å². The minimum atomic E-state index is 0.0184. The monoisotopic (exact) mass is 599 g/mol. The minimum Gasteiger partial charge on any atom is -0.362 e. The minimum absolute atomic E-state index is 0.0184. The second-order valence-electron chi connectivity index (χ2n) is 9.33. The van der Waals surface area contributed by atoms with Gasteiger partial charge in [0.25, 0.3) is 0 Å². The lowest BCUT2D eigenvalue weighted by molar-refractivity contribution is 0.169. The fourth-order valence-corrected chi connectivity index (χ4v) is 5.96. The fraction of sp³-hybridized carbons (Fsp3) is 0.345. The molecule has 0 amide bonds. The Bertz CT molecular complexity index is 1100. The van der Waals surface area contributed by atoms with Gasteiger partial charge in [0.15, 0.2) is 0 Å². The van der Waals surface area contributed by atoms with Crippen LogP contribution in [-0.4, -0.2) is 43.3 Å². The Balaban J connectivity index is 1.61. The Kier molecular flexibility index (Phi) is 9.66. The topological polar surface area (TPSA) is 48.4 Å². The molecule has 0 bridgehead atoms. The normalized spacial score (nSPS) is 18.0. The van der Waals surface area contributed by atoms with Crippen molar-refractivity contribution in [2.24, 2.45) is 0 Å². The van der Waals surface area contributed by atoms with Crippen molar-refractivity contribution in [1.29, 1.82) is 5.41 Å². The zero-order valence-electron chi connectivity index (χ0n) is 20.3. The predicted octanol–water partition coefficient (Wildman–Crippen LogP) is 6.85. The zero-order valence-corrected chi connectivity index (χ0v) is 23.3. The first-order valence-electron chi connectivity index (χ1n) is 12.1. The van der Waals surface area contributed by atoms with Crippen molar-refractivity contribution in [3.05, 3.63) is 101 Å². The highest BCUT2D eigenvalue weighted by Crippen LogP contribution is 2.41. The molecule has 4 nitrogen and oxygen atoms in total. The van der Waals surface area contributed by atoms with Crippen molar-refractivity contribution in [2.75, 3.05) is 37.5 Å². The molecule has 0 radical (unpaired) electrons. The van der Waals surface area contributed by atoms with E-state index in [0.29, 0.717) is 6.73 Å². The molecule has 6 heteroatoms. The van der Waals surface area contributed by atoms with Gasteiger partial charge in [0.05, 0.1) is 6.61 Å². The van der Waals surface area contributed by atoms with Crippen LogP contribution in [0.3, 0.4) is 0 Å². The maximum atomic E-state index is 8.12. The van der Waals surface area contributed by atoms with Crippen molar-refractivity contribution in [1.82, 2.24) is 4.90 Å². The van der Waals surface area contributed by atoms with Gasteiger partial charge in [0.1, 0.15) is 6.73 Å². The van der Waals surface area contributed by atoms with Gasteiger partial charge in [-0.05, 0) is 81.9 Å². The second-order valence-corrected chi connectivity index (χ2v) is 11.8. The van der Waals surface area contributed by atoms with E-state index in [4.69, 9.17) is 10.1 Å². The number of likely N-dealkylation sites (tertiary alicyclic amines) is 1. The number of aryl methyl sites for hydroxylation is 1. The highest BCUT2D eigenvalue weighted by Gasteiger charge is 2.40. The molecule has 3 aromatic carbocycles. The van der Waals surface area contributed by atoms with E-state index in [0.717, 1.165) is 56.1 Å². The van der Waals surface area contributed by atoms with E-state index in [-0.39, 0.29) is 5.41 Å². The number of benzene rings is 3. The van der Waals surface area contributed by atoms with Crippen molar-refractivity contribution >= 4 is 42.0 Å². The van der Waals surface area contributed by atoms with Crippen molar-refractivity contribution < 1.29 is 4.74 Å². The molecule has 1 atom stereocenters. The van der Waals surface area contributed by atoms with Crippen LogP contribution in [-0.2, 0) is 23.1 Å². The molecule has 184 valence electrons. The predicted molar refractivity (Wildman–Crippen MR) is 158 cm³/mol. The Morgan fingerprint density at radius 2 is 1.80 bits per heavy atom. The summed E-state index contributed by atoms with van der Waals surface area (Å²) in [6.45, 7) is 6.45. The molecule has 3 aromatic rings. The third-order valence-electron chi connectivity index (χ3n) is 6.86. The van der Waals surface area contributed by atoms with Crippen LogP contribution >= 0.6 is 30.1 Å². The van der Waals surface area contributed by atoms with Crippen LogP contribution < -0.4 is 5.32 Å². The number of hydrogen-bond acceptors (Lipinski definition) is 5. The average Bonchev–Trinajstić information content (AvgIpc) is 3.28. The summed E-state index contributed by atoms with van der Waals surface area (Å²) >= 11 is 2.29. The van der Waals surface area contributed by atoms with Crippen molar-refractivity contribution in [3.8, 4) is 0 Å². The van der Waals surface area contributed by atoms with E-state index in [2.05, 4.69) is 111 Å². The van der Waals surface area contributed by atoms with Gasteiger partial charge in [-0.15, -0.1) is 0 Å². The Labute approximate surface area is 225 Å². The van der Waals surface area contributed by atoms with Crippen LogP contribution in [0.4, 0.5) is 5.69 Å². The summed E-state index contributed by atoms with van der Waals surface area (Å²) < 4.78 is 5.70. The zero-order chi connectivity index (χ0) is 24.5. The Morgan fingerprint density at radius 1 is 1.09 bits per heavy atom. The molecule has 4 rings (SSSR count). The highest BCUT2D eigenvalue weighted by atomic mass is 127. The number of anilines is 1. The molecule has 1 aliphatic heterocycles. The summed E-state index contributed by atoms with van der Waals surface area (Å²) in [6.07, 6.45) is 3.58. The molecule has 1 fully saturated rings. The number of rotatable bonds is 12. The van der Waals surface area contributed by atoms with Crippen molar-refractivity contribution in [2.45, 2.75) is 31.7 Å². The van der Waals surface area contributed by atoms with Gasteiger partial charge in [-0.2, -0.15) is 0 Å². The molecule has 0 aromatic heterocycles. The lowest BCUT2D eigenvalue weighted by Crippen LogP contribution is -2.34. The van der Waals surface area contributed by atoms with E-state index in [1.54, 1.807) is 8.93 Å². The number of halogens is 1. The fourth-order valence-electron chi connectivity index (χ4n) is 5.24. The molecule has 1 aliphatic rings. The molecule has 0 aliphatic carbocycles. The quantitative estimate of drug-likeness (QED) is 0.104. The van der Waals surface area contributed by atoms with Crippen LogP contribution in [0, 0.1) is 12.3 Å². The molecule has 35 heavy (non-hydrogen) atoms. The van der Waals surface area contributed by atoms with Gasteiger partial charge in [-0.3, -0.25) is 4.90 Å². The third-order valence-corrected chi connectivity index (χ3v) is 8.50. The summed E-state index contributed by atoms with van der Waals surface area (Å²) in [5, 5.41) is 11.5. The molecule has 0 saturated carbocycles. The first-order chi connectivity index (χ1) is 17.1. The van der Waals surface area contributed by atoms with Gasteiger partial charge >= 0.3 is 0 Å². The smallest absolute Gasteiger partial charge is 0.116 e. The maximum absolute atomic E-state index is 8.12. The molecule has 1 unspecified atom stereocenters. The van der Waals surface area contributed by atoms with Crippen LogP contribution in [0.25, 0.3) is 0 Å². The number of nitrogens with zero attached hydrogens (tertiary/aromatic N) is 1. The highest BCUT2D eigenvalue weighted by molar-refractivity contribution is 14.2. The summed E-state index contributed by atoms with van der Waals surface area (Å²) in [5.74, 6) is 0.971. The average molecular weight is 600 g/mol. The molecule has 1 heterocycles. The molecule has 0 spiro atoms. The van der Waals surface area contributed by atoms with Gasteiger partial charge in [-0.25, -0.2) is 0 Å². The van der Waals surface area contributed by atoms with Crippen LogP contribution in [0.5, 0.6) is 0 Å². The molecule has 2 N–H and O–H groups in total. The lowest BCUT2D eigenvalue weighted by atomic mass is 9.72. The second kappa shape index (κ2) is 12.9. The van der Waals surface area contributed by atoms with Gasteiger partial charge in [0, 0.05) is 41.7 Å². The SMILES string of the molecule is Cc1cc(NCOCCSI)c(C=N)cc1C1(Cc2ccccc2)CCN(Cc2ccccc2)C1. The van der Waals surface area contributed by atoms with Crippen LogP contribution in [0.1, 0.15) is 34.2 Å². The summed E-state index contributed by atoms with van der Waals surface area (Å²) in [6, 6.07) is 26.1. The first-order valence-corrected chi connectivity index (χ1v) is 15.7.